The van der Waals surface area contributed by atoms with Gasteiger partial charge in [-0.1, -0.05) is 55.5 Å². The Kier molecular flexibility index (Phi) is 9.87. The number of nitrogens with zero attached hydrogens (tertiary/aromatic N) is 2. The first-order valence-corrected chi connectivity index (χ1v) is 10.7. The third-order valence-electron chi connectivity index (χ3n) is 5.61. The van der Waals surface area contributed by atoms with Gasteiger partial charge < -0.3 is 10.2 Å². The molecule has 0 spiro atoms. The molecule has 2 aromatic carbocycles. The van der Waals surface area contributed by atoms with E-state index in [0.29, 0.717) is 18.2 Å². The van der Waals surface area contributed by atoms with Crippen molar-refractivity contribution in [1.29, 1.82) is 0 Å². The quantitative estimate of drug-likeness (QED) is 0.617. The van der Waals surface area contributed by atoms with Crippen LogP contribution in [0.2, 0.25) is 0 Å². The van der Waals surface area contributed by atoms with Crippen LogP contribution in [0.3, 0.4) is 0 Å². The van der Waals surface area contributed by atoms with Gasteiger partial charge in [0.2, 0.25) is 0 Å². The second-order valence-corrected chi connectivity index (χ2v) is 7.82. The number of aliphatic carboxylic acids is 2. The van der Waals surface area contributed by atoms with Crippen molar-refractivity contribution in [2.24, 2.45) is 0 Å². The number of carboxylic acids is 2. The minimum atomic E-state index is -4.29. The van der Waals surface area contributed by atoms with Gasteiger partial charge in [-0.05, 0) is 49.7 Å². The fraction of sp³-hybridized carbons (Fsp3) is 0.417. The molecular weight excluding hydrogens is 437 g/mol. The van der Waals surface area contributed by atoms with E-state index in [2.05, 4.69) is 41.0 Å². The Balaban J connectivity index is 0.000000569. The zero-order chi connectivity index (χ0) is 24.4. The molecule has 0 aromatic heterocycles. The zero-order valence-electron chi connectivity index (χ0n) is 18.5. The van der Waals surface area contributed by atoms with E-state index >= 15 is 0 Å². The molecule has 0 saturated carbocycles. The number of carbonyl (C=O) groups is 2. The molecule has 0 atom stereocenters. The van der Waals surface area contributed by atoms with Crippen LogP contribution in [-0.2, 0) is 28.9 Å². The van der Waals surface area contributed by atoms with E-state index in [0.717, 1.165) is 39.0 Å². The van der Waals surface area contributed by atoms with Gasteiger partial charge in [0.1, 0.15) is 0 Å². The second-order valence-electron chi connectivity index (χ2n) is 7.82. The lowest BCUT2D eigenvalue weighted by molar-refractivity contribution is -0.159. The van der Waals surface area contributed by atoms with Crippen LogP contribution in [0, 0.1) is 0 Å². The molecule has 0 unspecified atom stereocenters. The van der Waals surface area contributed by atoms with Crippen LogP contribution in [0.1, 0.15) is 36.5 Å². The molecule has 1 fully saturated rings. The molecule has 33 heavy (non-hydrogen) atoms. The minimum absolute atomic E-state index is 0.368. The number of piperidine rings is 1. The molecular formula is C24H29F3N2O4. The molecule has 1 aliphatic heterocycles. The Morgan fingerprint density at radius 3 is 2.03 bits per heavy atom. The molecule has 6 nitrogen and oxygen atoms in total. The first-order valence-electron chi connectivity index (χ1n) is 10.7. The average Bonchev–Trinajstić information content (AvgIpc) is 2.79. The molecule has 3 rings (SSSR count). The number of carboxylic acid groups (broad SMARTS) is 2. The highest BCUT2D eigenvalue weighted by Gasteiger charge is 2.33. The summed E-state index contributed by atoms with van der Waals surface area (Å²) in [6.07, 6.45) is -2.30. The SMILES string of the molecule is CCN(Cc1ccccc1)C1CCN(Cc2ccccc2C(F)(F)F)CC1.O=C(O)C(=O)O. The van der Waals surface area contributed by atoms with Crippen molar-refractivity contribution in [2.45, 2.75) is 45.1 Å². The smallest absolute Gasteiger partial charge is 0.416 e. The van der Waals surface area contributed by atoms with E-state index < -0.39 is 23.7 Å². The first kappa shape index (κ1) is 26.3. The lowest BCUT2D eigenvalue weighted by Crippen LogP contribution is -2.44. The first-order chi connectivity index (χ1) is 15.6. The summed E-state index contributed by atoms with van der Waals surface area (Å²) in [5, 5.41) is 14.8. The highest BCUT2D eigenvalue weighted by atomic mass is 19.4. The molecule has 1 aliphatic rings. The van der Waals surface area contributed by atoms with Crippen LogP contribution >= 0.6 is 0 Å². The van der Waals surface area contributed by atoms with Crippen LogP contribution in [0.25, 0.3) is 0 Å². The summed E-state index contributed by atoms with van der Waals surface area (Å²) in [6.45, 7) is 6.13. The van der Waals surface area contributed by atoms with Gasteiger partial charge in [-0.3, -0.25) is 9.80 Å². The van der Waals surface area contributed by atoms with Crippen molar-refractivity contribution in [1.82, 2.24) is 9.80 Å². The average molecular weight is 467 g/mol. The third kappa shape index (κ3) is 8.51. The standard InChI is InChI=1S/C22H27F3N2.C2H2O4/c1-2-27(16-18-8-4-3-5-9-18)20-12-14-26(15-13-20)17-19-10-6-7-11-21(19)22(23,24)25;3-1(4)2(5)6/h3-11,20H,2,12-17H2,1H3;(H,3,4)(H,5,6). The topological polar surface area (TPSA) is 81.1 Å². The van der Waals surface area contributed by atoms with Crippen molar-refractivity contribution in [3.8, 4) is 0 Å². The predicted molar refractivity (Wildman–Crippen MR) is 118 cm³/mol. The molecule has 0 radical (unpaired) electrons. The number of benzene rings is 2. The number of hydrogen-bond acceptors (Lipinski definition) is 4. The van der Waals surface area contributed by atoms with Crippen LogP contribution in [0.5, 0.6) is 0 Å². The van der Waals surface area contributed by atoms with Gasteiger partial charge in [0.25, 0.3) is 0 Å². The third-order valence-corrected chi connectivity index (χ3v) is 5.61. The molecule has 180 valence electrons. The Hall–Kier alpha value is -2.91. The maximum absolute atomic E-state index is 13.2. The molecule has 0 amide bonds. The summed E-state index contributed by atoms with van der Waals surface area (Å²) in [6, 6.07) is 16.9. The van der Waals surface area contributed by atoms with Gasteiger partial charge >= 0.3 is 18.1 Å². The van der Waals surface area contributed by atoms with Crippen LogP contribution in [0.4, 0.5) is 13.2 Å². The molecule has 9 heteroatoms. The summed E-state index contributed by atoms with van der Waals surface area (Å²) in [5.41, 5.74) is 1.17. The van der Waals surface area contributed by atoms with Gasteiger partial charge in [-0.2, -0.15) is 13.2 Å². The number of rotatable bonds is 6. The number of likely N-dealkylation sites (tertiary alicyclic amines) is 1. The monoisotopic (exact) mass is 466 g/mol. The summed E-state index contributed by atoms with van der Waals surface area (Å²) in [7, 11) is 0. The van der Waals surface area contributed by atoms with Crippen molar-refractivity contribution in [3.05, 3.63) is 71.3 Å². The normalized spacial score (nSPS) is 15.1. The van der Waals surface area contributed by atoms with Gasteiger partial charge in [-0.15, -0.1) is 0 Å². The van der Waals surface area contributed by atoms with Crippen molar-refractivity contribution < 1.29 is 33.0 Å². The molecule has 1 saturated heterocycles. The molecule has 1 heterocycles. The van der Waals surface area contributed by atoms with E-state index in [1.807, 2.05) is 6.07 Å². The summed E-state index contributed by atoms with van der Waals surface area (Å²) in [5.74, 6) is -3.65. The summed E-state index contributed by atoms with van der Waals surface area (Å²) < 4.78 is 39.6. The maximum Gasteiger partial charge on any atom is 0.416 e. The van der Waals surface area contributed by atoms with E-state index in [1.54, 1.807) is 12.1 Å². The predicted octanol–water partition coefficient (Wildman–Crippen LogP) is 4.35. The largest absolute Gasteiger partial charge is 0.473 e. The van der Waals surface area contributed by atoms with E-state index in [4.69, 9.17) is 19.8 Å². The molecule has 2 aromatic rings. The Morgan fingerprint density at radius 2 is 1.52 bits per heavy atom. The minimum Gasteiger partial charge on any atom is -0.473 e. The van der Waals surface area contributed by atoms with Gasteiger partial charge in [0.05, 0.1) is 5.56 Å². The Labute approximate surface area is 191 Å². The van der Waals surface area contributed by atoms with Crippen LogP contribution in [-0.4, -0.2) is 57.6 Å². The lowest BCUT2D eigenvalue weighted by atomic mass is 10.0. The molecule has 2 N–H and O–H groups in total. The maximum atomic E-state index is 13.2. The van der Waals surface area contributed by atoms with E-state index in [1.165, 1.54) is 17.7 Å². The fourth-order valence-electron chi connectivity index (χ4n) is 3.94. The van der Waals surface area contributed by atoms with Crippen molar-refractivity contribution in [3.63, 3.8) is 0 Å². The van der Waals surface area contributed by atoms with Crippen LogP contribution in [0.15, 0.2) is 54.6 Å². The number of alkyl halides is 3. The number of halogens is 3. The summed E-state index contributed by atoms with van der Waals surface area (Å²) >= 11 is 0. The molecule has 0 aliphatic carbocycles. The van der Waals surface area contributed by atoms with Crippen molar-refractivity contribution >= 4 is 11.9 Å². The Morgan fingerprint density at radius 1 is 0.970 bits per heavy atom. The summed E-state index contributed by atoms with van der Waals surface area (Å²) in [4.78, 5) is 22.8. The molecule has 0 bridgehead atoms. The lowest BCUT2D eigenvalue weighted by Gasteiger charge is -2.38. The van der Waals surface area contributed by atoms with E-state index in [-0.39, 0.29) is 0 Å². The van der Waals surface area contributed by atoms with Gasteiger partial charge in [-0.25, -0.2) is 9.59 Å². The van der Waals surface area contributed by atoms with Gasteiger partial charge in [0.15, 0.2) is 0 Å². The van der Waals surface area contributed by atoms with Crippen molar-refractivity contribution in [2.75, 3.05) is 19.6 Å². The number of hydrogen-bond donors (Lipinski definition) is 2. The highest BCUT2D eigenvalue weighted by Crippen LogP contribution is 2.33. The Bertz CT molecular complexity index is 886. The zero-order valence-corrected chi connectivity index (χ0v) is 18.5. The second kappa shape index (κ2) is 12.4. The fourth-order valence-corrected chi connectivity index (χ4v) is 3.94. The van der Waals surface area contributed by atoms with Crippen LogP contribution < -0.4 is 0 Å². The highest BCUT2D eigenvalue weighted by molar-refractivity contribution is 6.27. The van der Waals surface area contributed by atoms with Gasteiger partial charge in [0, 0.05) is 19.1 Å². The van der Waals surface area contributed by atoms with E-state index in [9.17, 15) is 13.2 Å².